The Labute approximate surface area is 89.5 Å². The summed E-state index contributed by atoms with van der Waals surface area (Å²) in [4.78, 5) is 4.13. The topological polar surface area (TPSA) is 51.0 Å². The number of hydrogen-bond acceptors (Lipinski definition) is 4. The van der Waals surface area contributed by atoms with E-state index in [1.54, 1.807) is 7.05 Å². The highest BCUT2D eigenvalue weighted by molar-refractivity contribution is 9.10. The normalized spacial score (nSPS) is 10.1. The summed E-state index contributed by atoms with van der Waals surface area (Å²) in [6.07, 6.45) is 0. The quantitative estimate of drug-likeness (QED) is 0.894. The fourth-order valence-electron chi connectivity index (χ4n) is 1.07. The highest BCUT2D eigenvalue weighted by Gasteiger charge is 2.06. The third-order valence-electron chi connectivity index (χ3n) is 1.72. The van der Waals surface area contributed by atoms with E-state index in [1.807, 2.05) is 24.3 Å². The highest BCUT2D eigenvalue weighted by Crippen LogP contribution is 2.21. The molecule has 0 aliphatic rings. The zero-order chi connectivity index (χ0) is 9.97. The summed E-state index contributed by atoms with van der Waals surface area (Å²) in [6.45, 7) is 0. The van der Waals surface area contributed by atoms with Gasteiger partial charge in [0.15, 0.2) is 0 Å². The van der Waals surface area contributed by atoms with E-state index < -0.39 is 0 Å². The van der Waals surface area contributed by atoms with Gasteiger partial charge in [-0.2, -0.15) is 4.98 Å². The van der Waals surface area contributed by atoms with Crippen molar-refractivity contribution in [2.75, 3.05) is 12.4 Å². The van der Waals surface area contributed by atoms with E-state index in [9.17, 15) is 0 Å². The van der Waals surface area contributed by atoms with Gasteiger partial charge < -0.3 is 9.84 Å². The lowest BCUT2D eigenvalue weighted by atomic mass is 10.2. The summed E-state index contributed by atoms with van der Waals surface area (Å²) in [5.74, 6) is 0.579. The van der Waals surface area contributed by atoms with Crippen LogP contribution >= 0.6 is 15.9 Å². The van der Waals surface area contributed by atoms with Gasteiger partial charge in [0.25, 0.3) is 0 Å². The summed E-state index contributed by atoms with van der Waals surface area (Å²) in [5, 5.41) is 6.61. The maximum atomic E-state index is 4.92. The molecule has 1 aromatic carbocycles. The van der Waals surface area contributed by atoms with Crippen molar-refractivity contribution in [3.63, 3.8) is 0 Å². The van der Waals surface area contributed by atoms with Gasteiger partial charge in [-0.15, -0.1) is 0 Å². The van der Waals surface area contributed by atoms with Crippen molar-refractivity contribution in [2.45, 2.75) is 0 Å². The van der Waals surface area contributed by atoms with Crippen LogP contribution in [0.2, 0.25) is 0 Å². The minimum atomic E-state index is 0.417. The second kappa shape index (κ2) is 3.79. The standard InChI is InChI=1S/C9H8BrN3O/c1-11-9-12-8(13-14-9)6-3-2-4-7(10)5-6/h2-5H,1H3,(H,11,12,13). The van der Waals surface area contributed by atoms with Gasteiger partial charge in [-0.05, 0) is 12.1 Å². The van der Waals surface area contributed by atoms with E-state index in [0.29, 0.717) is 11.8 Å². The Morgan fingerprint density at radius 3 is 2.93 bits per heavy atom. The van der Waals surface area contributed by atoms with E-state index in [4.69, 9.17) is 4.52 Å². The summed E-state index contributed by atoms with van der Waals surface area (Å²) in [5.41, 5.74) is 0.921. The van der Waals surface area contributed by atoms with Crippen molar-refractivity contribution in [2.24, 2.45) is 0 Å². The molecule has 5 heteroatoms. The molecule has 0 amide bonds. The minimum absolute atomic E-state index is 0.417. The van der Waals surface area contributed by atoms with Crippen molar-refractivity contribution >= 4 is 21.9 Å². The fourth-order valence-corrected chi connectivity index (χ4v) is 1.47. The molecule has 0 spiro atoms. The van der Waals surface area contributed by atoms with Crippen LogP contribution in [0.4, 0.5) is 6.01 Å². The number of rotatable bonds is 2. The van der Waals surface area contributed by atoms with Gasteiger partial charge in [0.1, 0.15) is 0 Å². The smallest absolute Gasteiger partial charge is 0.321 e. The molecular formula is C9H8BrN3O. The molecule has 0 saturated carbocycles. The number of hydrogen-bond donors (Lipinski definition) is 1. The zero-order valence-electron chi connectivity index (χ0n) is 7.49. The number of anilines is 1. The Morgan fingerprint density at radius 1 is 1.43 bits per heavy atom. The van der Waals surface area contributed by atoms with Gasteiger partial charge in [-0.3, -0.25) is 0 Å². The summed E-state index contributed by atoms with van der Waals surface area (Å²) >= 11 is 3.38. The van der Waals surface area contributed by atoms with Crippen LogP contribution in [0.3, 0.4) is 0 Å². The first kappa shape index (κ1) is 9.21. The predicted octanol–water partition coefficient (Wildman–Crippen LogP) is 2.54. The number of halogens is 1. The van der Waals surface area contributed by atoms with Gasteiger partial charge in [0.05, 0.1) is 0 Å². The molecule has 2 aromatic rings. The zero-order valence-corrected chi connectivity index (χ0v) is 9.08. The van der Waals surface area contributed by atoms with E-state index in [1.165, 1.54) is 0 Å². The van der Waals surface area contributed by atoms with Crippen LogP contribution < -0.4 is 5.32 Å². The van der Waals surface area contributed by atoms with E-state index in [0.717, 1.165) is 10.0 Å². The molecular weight excluding hydrogens is 246 g/mol. The molecule has 1 N–H and O–H groups in total. The Hall–Kier alpha value is -1.36. The molecule has 1 heterocycles. The lowest BCUT2D eigenvalue weighted by molar-refractivity contribution is 0.434. The molecule has 0 aliphatic heterocycles. The maximum absolute atomic E-state index is 4.92. The van der Waals surface area contributed by atoms with Crippen LogP contribution in [-0.2, 0) is 0 Å². The molecule has 0 saturated heterocycles. The average Bonchev–Trinajstić information content (AvgIpc) is 2.66. The van der Waals surface area contributed by atoms with E-state index >= 15 is 0 Å². The van der Waals surface area contributed by atoms with Gasteiger partial charge in [-0.25, -0.2) is 0 Å². The summed E-state index contributed by atoms with van der Waals surface area (Å²) < 4.78 is 5.91. The molecule has 0 fully saturated rings. The second-order valence-corrected chi connectivity index (χ2v) is 3.60. The van der Waals surface area contributed by atoms with Crippen molar-refractivity contribution < 1.29 is 4.52 Å². The summed E-state index contributed by atoms with van der Waals surface area (Å²) in [7, 11) is 1.73. The van der Waals surface area contributed by atoms with Crippen LogP contribution in [0, 0.1) is 0 Å². The van der Waals surface area contributed by atoms with Gasteiger partial charge in [-0.1, -0.05) is 33.2 Å². The fraction of sp³-hybridized carbons (Fsp3) is 0.111. The molecule has 0 radical (unpaired) electrons. The van der Waals surface area contributed by atoms with Crippen LogP contribution in [0.25, 0.3) is 11.4 Å². The van der Waals surface area contributed by atoms with Crippen molar-refractivity contribution in [3.8, 4) is 11.4 Å². The second-order valence-electron chi connectivity index (χ2n) is 2.68. The third kappa shape index (κ3) is 1.77. The third-order valence-corrected chi connectivity index (χ3v) is 2.22. The monoisotopic (exact) mass is 253 g/mol. The van der Waals surface area contributed by atoms with Crippen LogP contribution in [0.5, 0.6) is 0 Å². The van der Waals surface area contributed by atoms with Gasteiger partial charge in [0, 0.05) is 17.1 Å². The van der Waals surface area contributed by atoms with Crippen LogP contribution in [0.1, 0.15) is 0 Å². The first-order valence-corrected chi connectivity index (χ1v) is 4.86. The molecule has 2 rings (SSSR count). The van der Waals surface area contributed by atoms with Crippen molar-refractivity contribution in [1.82, 2.24) is 10.1 Å². The molecule has 14 heavy (non-hydrogen) atoms. The first-order valence-electron chi connectivity index (χ1n) is 4.07. The number of nitrogens with one attached hydrogen (secondary N) is 1. The van der Waals surface area contributed by atoms with Crippen molar-refractivity contribution in [3.05, 3.63) is 28.7 Å². The predicted molar refractivity (Wildman–Crippen MR) is 57.0 cm³/mol. The molecule has 0 aliphatic carbocycles. The van der Waals surface area contributed by atoms with Gasteiger partial charge in [0.2, 0.25) is 5.82 Å². The lowest BCUT2D eigenvalue weighted by Gasteiger charge is -1.93. The largest absolute Gasteiger partial charge is 0.341 e. The molecule has 0 atom stereocenters. The Bertz CT molecular complexity index is 441. The van der Waals surface area contributed by atoms with E-state index in [-0.39, 0.29) is 0 Å². The Kier molecular flexibility index (Phi) is 2.49. The lowest BCUT2D eigenvalue weighted by Crippen LogP contribution is -1.86. The average molecular weight is 254 g/mol. The van der Waals surface area contributed by atoms with Crippen LogP contribution in [0.15, 0.2) is 33.3 Å². The minimum Gasteiger partial charge on any atom is -0.341 e. The Morgan fingerprint density at radius 2 is 2.29 bits per heavy atom. The maximum Gasteiger partial charge on any atom is 0.321 e. The summed E-state index contributed by atoms with van der Waals surface area (Å²) in [6, 6.07) is 8.15. The number of aromatic nitrogens is 2. The van der Waals surface area contributed by atoms with E-state index in [2.05, 4.69) is 31.4 Å². The Balaban J connectivity index is 2.39. The molecule has 1 aromatic heterocycles. The molecule has 72 valence electrons. The highest BCUT2D eigenvalue weighted by atomic mass is 79.9. The van der Waals surface area contributed by atoms with Gasteiger partial charge >= 0.3 is 6.01 Å². The van der Waals surface area contributed by atoms with Crippen LogP contribution in [-0.4, -0.2) is 17.2 Å². The molecule has 0 unspecified atom stereocenters. The molecule has 0 bridgehead atoms. The number of nitrogens with zero attached hydrogens (tertiary/aromatic N) is 2. The molecule has 4 nitrogen and oxygen atoms in total. The SMILES string of the molecule is CNc1nc(-c2cccc(Br)c2)no1. The van der Waals surface area contributed by atoms with Crippen molar-refractivity contribution in [1.29, 1.82) is 0 Å². The first-order chi connectivity index (χ1) is 6.79. The number of benzene rings is 1.